The van der Waals surface area contributed by atoms with E-state index in [0.29, 0.717) is 27.9 Å². The van der Waals surface area contributed by atoms with Crippen LogP contribution in [-0.2, 0) is 6.18 Å². The molecule has 0 amide bonds. The number of alkyl halides is 3. The highest BCUT2D eigenvalue weighted by Crippen LogP contribution is 2.35. The minimum absolute atomic E-state index is 0.0468. The van der Waals surface area contributed by atoms with Crippen LogP contribution in [-0.4, -0.2) is 15.0 Å². The topological polar surface area (TPSA) is 9.23 Å². The van der Waals surface area contributed by atoms with Crippen molar-refractivity contribution in [1.82, 2.24) is 0 Å². The van der Waals surface area contributed by atoms with Crippen LogP contribution >= 0.6 is 0 Å². The number of ether oxygens (including phenoxy) is 1. The summed E-state index contributed by atoms with van der Waals surface area (Å²) in [6, 6.07) is 6.45. The monoisotopic (exact) mass is 324 g/mol. The Morgan fingerprint density at radius 3 is 2.17 bits per heavy atom. The van der Waals surface area contributed by atoms with Crippen molar-refractivity contribution in [3.63, 3.8) is 0 Å². The SMILES string of the molecule is Bc1cc(C(F)(F)F)ccc1-c1cc(C(C)C)c(F)cc1OC. The zero-order valence-electron chi connectivity index (χ0n) is 13.4. The zero-order valence-corrected chi connectivity index (χ0v) is 13.4. The van der Waals surface area contributed by atoms with Gasteiger partial charge in [0.05, 0.1) is 12.7 Å². The highest BCUT2D eigenvalue weighted by atomic mass is 19.4. The summed E-state index contributed by atoms with van der Waals surface area (Å²) < 4.78 is 57.7. The number of halogens is 4. The fourth-order valence-electron chi connectivity index (χ4n) is 2.54. The number of benzene rings is 2. The molecule has 2 aromatic carbocycles. The normalized spacial score (nSPS) is 11.8. The van der Waals surface area contributed by atoms with Gasteiger partial charge in [0.1, 0.15) is 19.4 Å². The van der Waals surface area contributed by atoms with Crippen LogP contribution in [0.3, 0.4) is 0 Å². The summed E-state index contributed by atoms with van der Waals surface area (Å²) in [6.45, 7) is 3.71. The molecule has 0 fully saturated rings. The molecule has 0 heterocycles. The molecule has 0 atom stereocenters. The Kier molecular flexibility index (Phi) is 4.73. The van der Waals surface area contributed by atoms with Gasteiger partial charge in [-0.1, -0.05) is 31.4 Å². The summed E-state index contributed by atoms with van der Waals surface area (Å²) in [6.07, 6.45) is -4.39. The predicted molar refractivity (Wildman–Crippen MR) is 85.7 cm³/mol. The summed E-state index contributed by atoms with van der Waals surface area (Å²) in [5.41, 5.74) is 1.43. The van der Waals surface area contributed by atoms with E-state index in [0.717, 1.165) is 12.1 Å². The van der Waals surface area contributed by atoms with Gasteiger partial charge in [0.25, 0.3) is 0 Å². The molecule has 0 bridgehead atoms. The van der Waals surface area contributed by atoms with E-state index in [1.54, 1.807) is 13.9 Å². The van der Waals surface area contributed by atoms with Crippen molar-refractivity contribution < 1.29 is 22.3 Å². The largest absolute Gasteiger partial charge is 0.496 e. The predicted octanol–water partition coefficient (Wildman–Crippen LogP) is 3.90. The molecular weight excluding hydrogens is 307 g/mol. The van der Waals surface area contributed by atoms with Gasteiger partial charge < -0.3 is 4.74 Å². The van der Waals surface area contributed by atoms with Crippen LogP contribution in [0.4, 0.5) is 17.6 Å². The van der Waals surface area contributed by atoms with Crippen LogP contribution in [0.1, 0.15) is 30.9 Å². The van der Waals surface area contributed by atoms with Crippen LogP contribution in [0.5, 0.6) is 5.75 Å². The summed E-state index contributed by atoms with van der Waals surface area (Å²) in [5, 5.41) is 0. The molecule has 122 valence electrons. The molecule has 1 nitrogen and oxygen atoms in total. The molecule has 6 heteroatoms. The zero-order chi connectivity index (χ0) is 17.4. The van der Waals surface area contributed by atoms with Crippen molar-refractivity contribution in [2.45, 2.75) is 25.9 Å². The van der Waals surface area contributed by atoms with Crippen LogP contribution in [0.15, 0.2) is 30.3 Å². The van der Waals surface area contributed by atoms with E-state index in [2.05, 4.69) is 0 Å². The second-order valence-electron chi connectivity index (χ2n) is 5.76. The summed E-state index contributed by atoms with van der Waals surface area (Å²) in [4.78, 5) is 0. The molecule has 0 aliphatic carbocycles. The lowest BCUT2D eigenvalue weighted by Crippen LogP contribution is -2.14. The van der Waals surface area contributed by atoms with E-state index in [1.165, 1.54) is 19.2 Å². The first-order valence-electron chi connectivity index (χ1n) is 7.20. The van der Waals surface area contributed by atoms with E-state index in [-0.39, 0.29) is 11.7 Å². The quantitative estimate of drug-likeness (QED) is 0.615. The molecule has 0 saturated carbocycles. The lowest BCUT2D eigenvalue weighted by atomic mass is 9.84. The summed E-state index contributed by atoms with van der Waals surface area (Å²) in [7, 11) is 3.01. The Hall–Kier alpha value is -1.98. The van der Waals surface area contributed by atoms with E-state index >= 15 is 0 Å². The van der Waals surface area contributed by atoms with Crippen molar-refractivity contribution in [1.29, 1.82) is 0 Å². The van der Waals surface area contributed by atoms with Crippen molar-refractivity contribution in [2.24, 2.45) is 0 Å². The Morgan fingerprint density at radius 2 is 1.70 bits per heavy atom. The molecule has 23 heavy (non-hydrogen) atoms. The fourth-order valence-corrected chi connectivity index (χ4v) is 2.54. The number of methoxy groups -OCH3 is 1. The van der Waals surface area contributed by atoms with E-state index in [4.69, 9.17) is 4.74 Å². The van der Waals surface area contributed by atoms with Gasteiger partial charge in [-0.2, -0.15) is 13.2 Å². The molecule has 2 aromatic rings. The molecule has 0 aliphatic rings. The third-order valence-electron chi connectivity index (χ3n) is 3.78. The van der Waals surface area contributed by atoms with E-state index < -0.39 is 11.7 Å². The Labute approximate surface area is 133 Å². The molecular formula is C17H17BF4O. The highest BCUT2D eigenvalue weighted by Gasteiger charge is 2.30. The van der Waals surface area contributed by atoms with Crippen LogP contribution in [0.25, 0.3) is 11.1 Å². The molecule has 2 rings (SSSR count). The van der Waals surface area contributed by atoms with Gasteiger partial charge >= 0.3 is 6.18 Å². The maximum absolute atomic E-state index is 14.1. The molecule has 0 spiro atoms. The molecule has 0 saturated heterocycles. The average molecular weight is 324 g/mol. The molecule has 0 unspecified atom stereocenters. The van der Waals surface area contributed by atoms with Crippen molar-refractivity contribution in [2.75, 3.05) is 7.11 Å². The van der Waals surface area contributed by atoms with Crippen LogP contribution in [0, 0.1) is 5.82 Å². The maximum Gasteiger partial charge on any atom is 0.416 e. The van der Waals surface area contributed by atoms with Crippen LogP contribution in [0.2, 0.25) is 0 Å². The second-order valence-corrected chi connectivity index (χ2v) is 5.76. The average Bonchev–Trinajstić information content (AvgIpc) is 2.45. The third kappa shape index (κ3) is 3.51. The first-order valence-corrected chi connectivity index (χ1v) is 7.20. The van der Waals surface area contributed by atoms with Crippen molar-refractivity contribution in [3.8, 4) is 16.9 Å². The third-order valence-corrected chi connectivity index (χ3v) is 3.78. The summed E-state index contributed by atoms with van der Waals surface area (Å²) in [5.74, 6) is -0.130. The van der Waals surface area contributed by atoms with Gasteiger partial charge in [-0.3, -0.25) is 0 Å². The van der Waals surface area contributed by atoms with Gasteiger partial charge in [0.15, 0.2) is 0 Å². The number of hydrogen-bond donors (Lipinski definition) is 0. The van der Waals surface area contributed by atoms with Crippen molar-refractivity contribution >= 4 is 13.3 Å². The smallest absolute Gasteiger partial charge is 0.416 e. The first-order chi connectivity index (χ1) is 10.6. The summed E-state index contributed by atoms with van der Waals surface area (Å²) >= 11 is 0. The standard InChI is InChI=1S/C17H17BF4O/c1-9(2)12-7-13(16(23-3)8-15(12)19)11-5-4-10(6-14(11)18)17(20,21)22/h4-9H,18H2,1-3H3. The number of rotatable bonds is 3. The van der Waals surface area contributed by atoms with E-state index in [9.17, 15) is 17.6 Å². The second kappa shape index (κ2) is 6.26. The first kappa shape index (κ1) is 17.4. The molecule has 0 radical (unpaired) electrons. The molecule has 0 N–H and O–H groups in total. The van der Waals surface area contributed by atoms with Crippen LogP contribution < -0.4 is 10.2 Å². The van der Waals surface area contributed by atoms with Crippen molar-refractivity contribution in [3.05, 3.63) is 47.3 Å². The lowest BCUT2D eigenvalue weighted by molar-refractivity contribution is -0.137. The lowest BCUT2D eigenvalue weighted by Gasteiger charge is -2.17. The maximum atomic E-state index is 14.1. The van der Waals surface area contributed by atoms with Gasteiger partial charge in [-0.15, -0.1) is 0 Å². The highest BCUT2D eigenvalue weighted by molar-refractivity contribution is 6.36. The van der Waals surface area contributed by atoms with Gasteiger partial charge in [0.2, 0.25) is 0 Å². The Balaban J connectivity index is 2.64. The molecule has 0 aromatic heterocycles. The Morgan fingerprint density at radius 1 is 1.04 bits per heavy atom. The minimum atomic E-state index is -4.39. The molecule has 0 aliphatic heterocycles. The minimum Gasteiger partial charge on any atom is -0.496 e. The Bertz CT molecular complexity index is 723. The van der Waals surface area contributed by atoms with Gasteiger partial charge in [0, 0.05) is 11.6 Å². The fraction of sp³-hybridized carbons (Fsp3) is 0.294. The van der Waals surface area contributed by atoms with E-state index in [1.807, 2.05) is 13.8 Å². The number of hydrogen-bond acceptors (Lipinski definition) is 1. The van der Waals surface area contributed by atoms with Gasteiger partial charge in [-0.05, 0) is 29.2 Å². The van der Waals surface area contributed by atoms with Gasteiger partial charge in [-0.25, -0.2) is 4.39 Å².